The van der Waals surface area contributed by atoms with Gasteiger partial charge in [-0.2, -0.15) is 0 Å². The van der Waals surface area contributed by atoms with Gasteiger partial charge in [0.25, 0.3) is 0 Å². The van der Waals surface area contributed by atoms with Gasteiger partial charge in [0, 0.05) is 33.0 Å². The van der Waals surface area contributed by atoms with Gasteiger partial charge in [0.15, 0.2) is 0 Å². The molecule has 1 unspecified atom stereocenters. The number of aromatic nitrogens is 1. The molecule has 6 heteroatoms. The molecule has 0 aliphatic rings. The number of ether oxygens (including phenoxy) is 2. The molecule has 5 nitrogen and oxygen atoms in total. The Morgan fingerprint density at radius 1 is 1.47 bits per heavy atom. The maximum Gasteiger partial charge on any atom is 0.124 e. The SMILES string of the molecule is COCCN(c1cccnc1C(N)=S)C(C)COC. The number of anilines is 1. The molecule has 19 heavy (non-hydrogen) atoms. The molecule has 1 heterocycles. The molecule has 0 fully saturated rings. The molecule has 0 saturated carbocycles. The van der Waals surface area contributed by atoms with Gasteiger partial charge in [0.2, 0.25) is 0 Å². The van der Waals surface area contributed by atoms with Crippen molar-refractivity contribution in [1.29, 1.82) is 0 Å². The lowest BCUT2D eigenvalue weighted by Crippen LogP contribution is -2.40. The molecular formula is C13H21N3O2S. The molecule has 0 saturated heterocycles. The topological polar surface area (TPSA) is 60.6 Å². The van der Waals surface area contributed by atoms with E-state index in [1.807, 2.05) is 12.1 Å². The number of thiocarbonyl (C=S) groups is 1. The molecule has 0 amide bonds. The molecular weight excluding hydrogens is 262 g/mol. The number of nitrogens with two attached hydrogens (primary N) is 1. The highest BCUT2D eigenvalue weighted by Crippen LogP contribution is 2.20. The molecule has 0 aliphatic heterocycles. The summed E-state index contributed by atoms with van der Waals surface area (Å²) in [6.45, 7) is 4.02. The summed E-state index contributed by atoms with van der Waals surface area (Å²) < 4.78 is 10.4. The molecule has 0 spiro atoms. The van der Waals surface area contributed by atoms with Crippen molar-refractivity contribution in [3.8, 4) is 0 Å². The van der Waals surface area contributed by atoms with Crippen molar-refractivity contribution in [3.05, 3.63) is 24.0 Å². The molecule has 2 N–H and O–H groups in total. The van der Waals surface area contributed by atoms with E-state index in [9.17, 15) is 0 Å². The van der Waals surface area contributed by atoms with E-state index in [2.05, 4.69) is 16.8 Å². The molecule has 0 bridgehead atoms. The van der Waals surface area contributed by atoms with Crippen LogP contribution in [0.25, 0.3) is 0 Å². The van der Waals surface area contributed by atoms with Crippen LogP contribution in [0.1, 0.15) is 12.6 Å². The molecule has 106 valence electrons. The molecule has 0 radical (unpaired) electrons. The first-order chi connectivity index (χ1) is 9.11. The van der Waals surface area contributed by atoms with Crippen molar-refractivity contribution >= 4 is 22.9 Å². The Morgan fingerprint density at radius 3 is 2.79 bits per heavy atom. The van der Waals surface area contributed by atoms with Crippen LogP contribution in [-0.4, -0.2) is 50.0 Å². The van der Waals surface area contributed by atoms with Crippen molar-refractivity contribution in [2.45, 2.75) is 13.0 Å². The third-order valence-electron chi connectivity index (χ3n) is 2.81. The maximum atomic E-state index is 5.73. The summed E-state index contributed by atoms with van der Waals surface area (Å²) in [6, 6.07) is 4.01. The van der Waals surface area contributed by atoms with Gasteiger partial charge in [0.1, 0.15) is 10.7 Å². The molecule has 1 aromatic heterocycles. The van der Waals surface area contributed by atoms with Crippen LogP contribution in [0.15, 0.2) is 18.3 Å². The average molecular weight is 283 g/mol. The Kier molecular flexibility index (Phi) is 6.69. The number of methoxy groups -OCH3 is 2. The third kappa shape index (κ3) is 4.41. The smallest absolute Gasteiger partial charge is 0.124 e. The van der Waals surface area contributed by atoms with Crippen LogP contribution < -0.4 is 10.6 Å². The van der Waals surface area contributed by atoms with E-state index < -0.39 is 0 Å². The Labute approximate surface area is 119 Å². The van der Waals surface area contributed by atoms with Crippen LogP contribution in [0.2, 0.25) is 0 Å². The van der Waals surface area contributed by atoms with Gasteiger partial charge in [-0.15, -0.1) is 0 Å². The fraction of sp³-hybridized carbons (Fsp3) is 0.538. The van der Waals surface area contributed by atoms with E-state index in [-0.39, 0.29) is 6.04 Å². The van der Waals surface area contributed by atoms with E-state index >= 15 is 0 Å². The fourth-order valence-electron chi connectivity index (χ4n) is 1.92. The fourth-order valence-corrected chi connectivity index (χ4v) is 2.07. The van der Waals surface area contributed by atoms with Crippen molar-refractivity contribution in [3.63, 3.8) is 0 Å². The van der Waals surface area contributed by atoms with Crippen LogP contribution >= 0.6 is 12.2 Å². The molecule has 1 rings (SSSR count). The van der Waals surface area contributed by atoms with Crippen LogP contribution in [0, 0.1) is 0 Å². The number of hydrogen-bond donors (Lipinski definition) is 1. The number of hydrogen-bond acceptors (Lipinski definition) is 5. The first-order valence-electron chi connectivity index (χ1n) is 6.11. The highest BCUT2D eigenvalue weighted by atomic mass is 32.1. The van der Waals surface area contributed by atoms with E-state index in [1.165, 1.54) is 0 Å². The van der Waals surface area contributed by atoms with Gasteiger partial charge in [-0.3, -0.25) is 4.98 Å². The predicted molar refractivity (Wildman–Crippen MR) is 80.7 cm³/mol. The van der Waals surface area contributed by atoms with E-state index in [1.54, 1.807) is 20.4 Å². The van der Waals surface area contributed by atoms with Gasteiger partial charge in [-0.25, -0.2) is 0 Å². The minimum absolute atomic E-state index is 0.178. The van der Waals surface area contributed by atoms with Crippen LogP contribution in [0.4, 0.5) is 5.69 Å². The highest BCUT2D eigenvalue weighted by Gasteiger charge is 2.19. The zero-order valence-corrected chi connectivity index (χ0v) is 12.4. The van der Waals surface area contributed by atoms with E-state index in [0.717, 1.165) is 12.2 Å². The molecule has 1 aromatic rings. The number of nitrogens with zero attached hydrogens (tertiary/aromatic N) is 2. The standard InChI is InChI=1S/C13H21N3O2S/c1-10(9-18-3)16(7-8-17-2)11-5-4-6-15-12(11)13(14)19/h4-6,10H,7-9H2,1-3H3,(H2,14,19). The summed E-state index contributed by atoms with van der Waals surface area (Å²) in [5.74, 6) is 0. The first-order valence-corrected chi connectivity index (χ1v) is 6.52. The maximum absolute atomic E-state index is 5.73. The Balaban J connectivity index is 3.05. The first kappa shape index (κ1) is 15.8. The normalized spacial score (nSPS) is 12.2. The quantitative estimate of drug-likeness (QED) is 0.724. The summed E-state index contributed by atoms with van der Waals surface area (Å²) >= 11 is 5.06. The minimum atomic E-state index is 0.178. The van der Waals surface area contributed by atoms with Gasteiger partial charge >= 0.3 is 0 Å². The Bertz CT molecular complexity index is 415. The predicted octanol–water partition coefficient (Wildman–Crippen LogP) is 1.20. The summed E-state index contributed by atoms with van der Waals surface area (Å²) in [4.78, 5) is 6.70. The number of rotatable bonds is 8. The largest absolute Gasteiger partial charge is 0.388 e. The second kappa shape index (κ2) is 8.04. The van der Waals surface area contributed by atoms with Gasteiger partial charge < -0.3 is 20.1 Å². The zero-order chi connectivity index (χ0) is 14.3. The molecule has 0 aliphatic carbocycles. The molecule has 0 aromatic carbocycles. The lowest BCUT2D eigenvalue weighted by Gasteiger charge is -2.31. The van der Waals surface area contributed by atoms with Crippen LogP contribution in [-0.2, 0) is 9.47 Å². The second-order valence-corrected chi connectivity index (χ2v) is 4.67. The lowest BCUT2D eigenvalue weighted by molar-refractivity contribution is 0.171. The average Bonchev–Trinajstić information content (AvgIpc) is 2.40. The Hall–Kier alpha value is -1.24. The van der Waals surface area contributed by atoms with Crippen molar-refractivity contribution in [2.24, 2.45) is 5.73 Å². The minimum Gasteiger partial charge on any atom is -0.388 e. The Morgan fingerprint density at radius 2 is 2.21 bits per heavy atom. The summed E-state index contributed by atoms with van der Waals surface area (Å²) in [5, 5.41) is 0. The van der Waals surface area contributed by atoms with Crippen molar-refractivity contribution in [1.82, 2.24) is 4.98 Å². The van der Waals surface area contributed by atoms with Gasteiger partial charge in [-0.05, 0) is 19.1 Å². The van der Waals surface area contributed by atoms with Crippen molar-refractivity contribution < 1.29 is 9.47 Å². The van der Waals surface area contributed by atoms with E-state index in [4.69, 9.17) is 27.4 Å². The second-order valence-electron chi connectivity index (χ2n) is 4.23. The van der Waals surface area contributed by atoms with Crippen molar-refractivity contribution in [2.75, 3.05) is 38.9 Å². The van der Waals surface area contributed by atoms with Gasteiger partial charge in [-0.1, -0.05) is 12.2 Å². The monoisotopic (exact) mass is 283 g/mol. The van der Waals surface area contributed by atoms with E-state index in [0.29, 0.717) is 23.9 Å². The summed E-state index contributed by atoms with van der Waals surface area (Å²) in [5.41, 5.74) is 7.28. The van der Waals surface area contributed by atoms with Crippen LogP contribution in [0.5, 0.6) is 0 Å². The zero-order valence-electron chi connectivity index (χ0n) is 11.6. The molecule has 1 atom stereocenters. The lowest BCUT2D eigenvalue weighted by atomic mass is 10.2. The summed E-state index contributed by atoms with van der Waals surface area (Å²) in [6.07, 6.45) is 1.69. The number of pyridine rings is 1. The third-order valence-corrected chi connectivity index (χ3v) is 3.00. The summed E-state index contributed by atoms with van der Waals surface area (Å²) in [7, 11) is 3.36. The van der Waals surface area contributed by atoms with Gasteiger partial charge in [0.05, 0.1) is 18.9 Å². The highest BCUT2D eigenvalue weighted by molar-refractivity contribution is 7.80. The van der Waals surface area contributed by atoms with Crippen LogP contribution in [0.3, 0.4) is 0 Å².